The highest BCUT2D eigenvalue weighted by Crippen LogP contribution is 2.19. The second kappa shape index (κ2) is 8.68. The molecular formula is C16H26N4OS. The van der Waals surface area contributed by atoms with Gasteiger partial charge in [0.25, 0.3) is 0 Å². The van der Waals surface area contributed by atoms with Crippen molar-refractivity contribution in [2.45, 2.75) is 32.1 Å². The monoisotopic (exact) mass is 322 g/mol. The number of nitrogens with zero attached hydrogens (tertiary/aromatic N) is 1. The third kappa shape index (κ3) is 6.85. The van der Waals surface area contributed by atoms with E-state index in [2.05, 4.69) is 41.0 Å². The van der Waals surface area contributed by atoms with Gasteiger partial charge in [-0.15, -0.1) is 0 Å². The summed E-state index contributed by atoms with van der Waals surface area (Å²) in [5.41, 5.74) is 1.89. The summed E-state index contributed by atoms with van der Waals surface area (Å²) in [5, 5.41) is 9.39. The van der Waals surface area contributed by atoms with Crippen LogP contribution in [0.5, 0.6) is 0 Å². The molecule has 0 saturated carbocycles. The summed E-state index contributed by atoms with van der Waals surface area (Å²) in [7, 11) is 1.76. The van der Waals surface area contributed by atoms with Gasteiger partial charge in [0.15, 0.2) is 5.96 Å². The van der Waals surface area contributed by atoms with Gasteiger partial charge in [-0.05, 0) is 37.8 Å². The molecule has 1 aromatic rings. The first-order valence-corrected chi connectivity index (χ1v) is 8.45. The van der Waals surface area contributed by atoms with E-state index in [1.165, 1.54) is 6.92 Å². The van der Waals surface area contributed by atoms with Crippen LogP contribution in [0, 0.1) is 0 Å². The van der Waals surface area contributed by atoms with Gasteiger partial charge in [-0.25, -0.2) is 0 Å². The lowest BCUT2D eigenvalue weighted by molar-refractivity contribution is -0.114. The topological polar surface area (TPSA) is 65.5 Å². The van der Waals surface area contributed by atoms with E-state index in [9.17, 15) is 4.79 Å². The summed E-state index contributed by atoms with van der Waals surface area (Å²) >= 11 is 1.82. The molecule has 122 valence electrons. The van der Waals surface area contributed by atoms with Crippen molar-refractivity contribution in [1.82, 2.24) is 10.6 Å². The molecule has 1 amide bonds. The normalized spacial score (nSPS) is 12.0. The Morgan fingerprint density at radius 3 is 2.64 bits per heavy atom. The number of guanidine groups is 1. The first-order chi connectivity index (χ1) is 10.4. The Hall–Kier alpha value is -1.69. The zero-order valence-electron chi connectivity index (χ0n) is 14.0. The standard InChI is InChI=1S/C16H26N4OS/c1-12(21)20-14-8-6-7-13(9-14)10-18-15(17-4)19-11-16(2,3)22-5/h6-9H,10-11H2,1-5H3,(H,20,21)(H2,17,18,19). The molecule has 0 radical (unpaired) electrons. The highest BCUT2D eigenvalue weighted by Gasteiger charge is 2.15. The first-order valence-electron chi connectivity index (χ1n) is 7.22. The summed E-state index contributed by atoms with van der Waals surface area (Å²) in [6, 6.07) is 7.76. The number of thioether (sulfide) groups is 1. The van der Waals surface area contributed by atoms with Gasteiger partial charge in [-0.2, -0.15) is 11.8 Å². The number of carbonyl (C=O) groups excluding carboxylic acids is 1. The van der Waals surface area contributed by atoms with Gasteiger partial charge in [0.2, 0.25) is 5.91 Å². The summed E-state index contributed by atoms with van der Waals surface area (Å²) in [4.78, 5) is 15.3. The molecule has 1 aromatic carbocycles. The Balaban J connectivity index is 2.55. The van der Waals surface area contributed by atoms with Gasteiger partial charge in [-0.3, -0.25) is 9.79 Å². The van der Waals surface area contributed by atoms with Gasteiger partial charge in [0.1, 0.15) is 0 Å². The number of rotatable bonds is 6. The number of nitrogens with one attached hydrogen (secondary N) is 3. The molecule has 0 aliphatic heterocycles. The third-order valence-electron chi connectivity index (χ3n) is 3.17. The molecule has 0 aliphatic rings. The van der Waals surface area contributed by atoms with Crippen molar-refractivity contribution in [2.75, 3.05) is 25.2 Å². The number of benzene rings is 1. The van der Waals surface area contributed by atoms with Crippen LogP contribution in [0.15, 0.2) is 29.3 Å². The molecule has 0 aliphatic carbocycles. The zero-order chi connectivity index (χ0) is 16.6. The lowest BCUT2D eigenvalue weighted by Gasteiger charge is -2.23. The van der Waals surface area contributed by atoms with Gasteiger partial charge in [0.05, 0.1) is 0 Å². The lowest BCUT2D eigenvalue weighted by Crippen LogP contribution is -2.42. The number of amides is 1. The smallest absolute Gasteiger partial charge is 0.221 e. The van der Waals surface area contributed by atoms with E-state index >= 15 is 0 Å². The lowest BCUT2D eigenvalue weighted by atomic mass is 10.2. The maximum atomic E-state index is 11.1. The van der Waals surface area contributed by atoms with E-state index in [1.54, 1.807) is 7.05 Å². The van der Waals surface area contributed by atoms with Crippen molar-refractivity contribution in [2.24, 2.45) is 4.99 Å². The molecule has 0 spiro atoms. The van der Waals surface area contributed by atoms with Crippen LogP contribution in [-0.2, 0) is 11.3 Å². The molecule has 1 rings (SSSR count). The molecule has 22 heavy (non-hydrogen) atoms. The average molecular weight is 322 g/mol. The predicted octanol–water partition coefficient (Wildman–Crippen LogP) is 2.45. The van der Waals surface area contributed by atoms with E-state index in [4.69, 9.17) is 0 Å². The van der Waals surface area contributed by atoms with Crippen LogP contribution in [0.25, 0.3) is 0 Å². The Morgan fingerprint density at radius 1 is 1.32 bits per heavy atom. The fourth-order valence-corrected chi connectivity index (χ4v) is 1.95. The molecule has 6 heteroatoms. The number of aliphatic imine (C=N–C) groups is 1. The van der Waals surface area contributed by atoms with Crippen molar-refractivity contribution in [3.05, 3.63) is 29.8 Å². The SMILES string of the molecule is CN=C(NCc1cccc(NC(C)=O)c1)NCC(C)(C)SC. The molecule has 0 bridgehead atoms. The summed E-state index contributed by atoms with van der Waals surface area (Å²) in [6.07, 6.45) is 2.10. The molecule has 3 N–H and O–H groups in total. The van der Waals surface area contributed by atoms with Gasteiger partial charge >= 0.3 is 0 Å². The number of hydrogen-bond donors (Lipinski definition) is 3. The van der Waals surface area contributed by atoms with Crippen LogP contribution in [0.1, 0.15) is 26.3 Å². The first kappa shape index (κ1) is 18.4. The Kier molecular flexibility index (Phi) is 7.24. The summed E-state index contributed by atoms with van der Waals surface area (Å²) < 4.78 is 0.156. The van der Waals surface area contributed by atoms with Gasteiger partial charge < -0.3 is 16.0 Å². The molecule has 5 nitrogen and oxygen atoms in total. The minimum absolute atomic E-state index is 0.0677. The Bertz CT molecular complexity index is 529. The number of anilines is 1. The van der Waals surface area contributed by atoms with Crippen LogP contribution in [0.3, 0.4) is 0 Å². The van der Waals surface area contributed by atoms with Crippen molar-refractivity contribution < 1.29 is 4.79 Å². The molecule has 0 fully saturated rings. The van der Waals surface area contributed by atoms with Crippen molar-refractivity contribution >= 4 is 29.3 Å². The quantitative estimate of drug-likeness (QED) is 0.556. The van der Waals surface area contributed by atoms with E-state index in [1.807, 2.05) is 36.0 Å². The fraction of sp³-hybridized carbons (Fsp3) is 0.500. The van der Waals surface area contributed by atoms with Crippen molar-refractivity contribution in [3.8, 4) is 0 Å². The molecular weight excluding hydrogens is 296 g/mol. The van der Waals surface area contributed by atoms with Crippen LogP contribution >= 0.6 is 11.8 Å². The Labute approximate surface area is 137 Å². The van der Waals surface area contributed by atoms with E-state index in [0.29, 0.717) is 6.54 Å². The zero-order valence-corrected chi connectivity index (χ0v) is 14.8. The highest BCUT2D eigenvalue weighted by molar-refractivity contribution is 7.99. The minimum Gasteiger partial charge on any atom is -0.355 e. The van der Waals surface area contributed by atoms with Gasteiger partial charge in [0, 0.05) is 37.5 Å². The van der Waals surface area contributed by atoms with E-state index < -0.39 is 0 Å². The van der Waals surface area contributed by atoms with Crippen LogP contribution in [0.4, 0.5) is 5.69 Å². The third-order valence-corrected chi connectivity index (χ3v) is 4.41. The summed E-state index contributed by atoms with van der Waals surface area (Å²) in [5.74, 6) is 0.703. The molecule has 0 atom stereocenters. The molecule has 0 saturated heterocycles. The maximum absolute atomic E-state index is 11.1. The van der Waals surface area contributed by atoms with E-state index in [0.717, 1.165) is 23.8 Å². The number of carbonyl (C=O) groups is 1. The predicted molar refractivity (Wildman–Crippen MR) is 96.5 cm³/mol. The highest BCUT2D eigenvalue weighted by atomic mass is 32.2. The molecule has 0 unspecified atom stereocenters. The largest absolute Gasteiger partial charge is 0.355 e. The molecule has 0 heterocycles. The maximum Gasteiger partial charge on any atom is 0.221 e. The Morgan fingerprint density at radius 2 is 2.05 bits per heavy atom. The molecule has 0 aromatic heterocycles. The van der Waals surface area contributed by atoms with Crippen molar-refractivity contribution in [1.29, 1.82) is 0 Å². The van der Waals surface area contributed by atoms with Gasteiger partial charge in [-0.1, -0.05) is 12.1 Å². The second-order valence-corrected chi connectivity index (χ2v) is 7.14. The van der Waals surface area contributed by atoms with Crippen LogP contribution in [0.2, 0.25) is 0 Å². The second-order valence-electron chi connectivity index (χ2n) is 5.62. The van der Waals surface area contributed by atoms with Crippen LogP contribution < -0.4 is 16.0 Å². The average Bonchev–Trinajstić information content (AvgIpc) is 2.47. The van der Waals surface area contributed by atoms with Crippen LogP contribution in [-0.4, -0.2) is 36.5 Å². The fourth-order valence-electron chi connectivity index (χ4n) is 1.74. The van der Waals surface area contributed by atoms with E-state index in [-0.39, 0.29) is 10.7 Å². The number of hydrogen-bond acceptors (Lipinski definition) is 3. The minimum atomic E-state index is -0.0677. The summed E-state index contributed by atoms with van der Waals surface area (Å²) in [6.45, 7) is 7.36. The van der Waals surface area contributed by atoms with Crippen molar-refractivity contribution in [3.63, 3.8) is 0 Å².